The second-order valence-corrected chi connectivity index (χ2v) is 6.89. The number of fused-ring (bicyclic) bond motifs is 1. The molecule has 1 fully saturated rings. The molecule has 2 aromatic carbocycles. The van der Waals surface area contributed by atoms with Crippen molar-refractivity contribution in [3.05, 3.63) is 65.7 Å². The van der Waals surface area contributed by atoms with Crippen molar-refractivity contribution >= 4 is 17.9 Å². The number of benzene rings is 2. The second kappa shape index (κ2) is 8.17. The van der Waals surface area contributed by atoms with E-state index in [1.54, 1.807) is 24.3 Å². The molecule has 0 bridgehead atoms. The van der Waals surface area contributed by atoms with Gasteiger partial charge in [0.15, 0.2) is 11.5 Å². The average molecular weight is 378 g/mol. The van der Waals surface area contributed by atoms with Crippen LogP contribution < -0.4 is 14.8 Å². The van der Waals surface area contributed by atoms with Crippen LogP contribution >= 0.6 is 0 Å². The number of nitrogens with one attached hydrogen (secondary N) is 1. The molecule has 1 N–H and O–H groups in total. The SMILES string of the molecule is O=C(NC1CCN(C(=O)/C=C/c2ccc3c(c2)OCO3)CC1)c1ccccc1. The highest BCUT2D eigenvalue weighted by atomic mass is 16.7. The van der Waals surface area contributed by atoms with Crippen LogP contribution in [-0.2, 0) is 4.79 Å². The topological polar surface area (TPSA) is 67.9 Å². The number of carbonyl (C=O) groups is 2. The zero-order valence-electron chi connectivity index (χ0n) is 15.5. The number of piperidine rings is 1. The van der Waals surface area contributed by atoms with Crippen LogP contribution in [-0.4, -0.2) is 42.6 Å². The van der Waals surface area contributed by atoms with Gasteiger partial charge in [0.1, 0.15) is 0 Å². The number of rotatable bonds is 4. The number of ether oxygens (including phenoxy) is 2. The molecule has 144 valence electrons. The first-order chi connectivity index (χ1) is 13.7. The predicted octanol–water partition coefficient (Wildman–Crippen LogP) is 2.85. The highest BCUT2D eigenvalue weighted by molar-refractivity contribution is 5.94. The van der Waals surface area contributed by atoms with Gasteiger partial charge in [-0.25, -0.2) is 0 Å². The molecule has 6 heteroatoms. The van der Waals surface area contributed by atoms with Gasteiger partial charge in [0, 0.05) is 30.8 Å². The summed E-state index contributed by atoms with van der Waals surface area (Å²) < 4.78 is 10.6. The van der Waals surface area contributed by atoms with E-state index < -0.39 is 0 Å². The van der Waals surface area contributed by atoms with E-state index in [9.17, 15) is 9.59 Å². The van der Waals surface area contributed by atoms with Gasteiger partial charge < -0.3 is 19.7 Å². The van der Waals surface area contributed by atoms with Gasteiger partial charge in [-0.2, -0.15) is 0 Å². The highest BCUT2D eigenvalue weighted by Crippen LogP contribution is 2.32. The van der Waals surface area contributed by atoms with Gasteiger partial charge in [-0.05, 0) is 48.7 Å². The maximum absolute atomic E-state index is 12.5. The smallest absolute Gasteiger partial charge is 0.251 e. The normalized spacial score (nSPS) is 16.4. The Bertz CT molecular complexity index is 887. The Hall–Kier alpha value is -3.28. The summed E-state index contributed by atoms with van der Waals surface area (Å²) in [6.45, 7) is 1.49. The molecule has 0 aromatic heterocycles. The maximum Gasteiger partial charge on any atom is 0.251 e. The Labute approximate surface area is 163 Å². The molecule has 0 saturated carbocycles. The first kappa shape index (κ1) is 18.1. The van der Waals surface area contributed by atoms with Crippen molar-refractivity contribution in [1.82, 2.24) is 10.2 Å². The molecular weight excluding hydrogens is 356 g/mol. The molecule has 2 aliphatic rings. The fourth-order valence-electron chi connectivity index (χ4n) is 3.39. The number of carbonyl (C=O) groups excluding carboxylic acids is 2. The zero-order chi connectivity index (χ0) is 19.3. The van der Waals surface area contributed by atoms with E-state index in [2.05, 4.69) is 5.32 Å². The van der Waals surface area contributed by atoms with Crippen LogP contribution in [0.1, 0.15) is 28.8 Å². The lowest BCUT2D eigenvalue weighted by Gasteiger charge is -2.31. The van der Waals surface area contributed by atoms with Gasteiger partial charge in [-0.3, -0.25) is 9.59 Å². The van der Waals surface area contributed by atoms with E-state index in [0.29, 0.717) is 24.4 Å². The lowest BCUT2D eigenvalue weighted by Crippen LogP contribution is -2.46. The van der Waals surface area contributed by atoms with Crippen LogP contribution in [0.4, 0.5) is 0 Å². The summed E-state index contributed by atoms with van der Waals surface area (Å²) in [5, 5.41) is 3.06. The van der Waals surface area contributed by atoms with E-state index in [0.717, 1.165) is 24.2 Å². The molecule has 0 unspecified atom stereocenters. The van der Waals surface area contributed by atoms with Gasteiger partial charge >= 0.3 is 0 Å². The number of amides is 2. The Kier molecular flexibility index (Phi) is 5.28. The Balaban J connectivity index is 1.27. The summed E-state index contributed by atoms with van der Waals surface area (Å²) in [4.78, 5) is 26.5. The summed E-state index contributed by atoms with van der Waals surface area (Å²) in [6, 6.07) is 14.9. The predicted molar refractivity (Wildman–Crippen MR) is 105 cm³/mol. The van der Waals surface area contributed by atoms with Crippen molar-refractivity contribution in [2.24, 2.45) is 0 Å². The first-order valence-electron chi connectivity index (χ1n) is 9.41. The molecule has 2 aliphatic heterocycles. The Morgan fingerprint density at radius 2 is 1.75 bits per heavy atom. The molecule has 2 amide bonds. The monoisotopic (exact) mass is 378 g/mol. The van der Waals surface area contributed by atoms with Gasteiger partial charge in [0.05, 0.1) is 0 Å². The maximum atomic E-state index is 12.5. The van der Waals surface area contributed by atoms with Crippen molar-refractivity contribution in [2.75, 3.05) is 19.9 Å². The van der Waals surface area contributed by atoms with Crippen molar-refractivity contribution in [1.29, 1.82) is 0 Å². The van der Waals surface area contributed by atoms with Gasteiger partial charge in [-0.15, -0.1) is 0 Å². The second-order valence-electron chi connectivity index (χ2n) is 6.89. The largest absolute Gasteiger partial charge is 0.454 e. The summed E-state index contributed by atoms with van der Waals surface area (Å²) >= 11 is 0. The molecule has 0 spiro atoms. The third kappa shape index (κ3) is 4.17. The summed E-state index contributed by atoms with van der Waals surface area (Å²) in [5.41, 5.74) is 1.55. The van der Waals surface area contributed by atoms with E-state index in [1.807, 2.05) is 41.3 Å². The third-order valence-corrected chi connectivity index (χ3v) is 4.99. The molecule has 0 radical (unpaired) electrons. The molecule has 0 atom stereocenters. The van der Waals surface area contributed by atoms with Gasteiger partial charge in [-0.1, -0.05) is 24.3 Å². The van der Waals surface area contributed by atoms with Crippen LogP contribution in [0, 0.1) is 0 Å². The number of likely N-dealkylation sites (tertiary alicyclic amines) is 1. The molecule has 1 saturated heterocycles. The van der Waals surface area contributed by atoms with Crippen molar-refractivity contribution in [3.63, 3.8) is 0 Å². The molecule has 2 heterocycles. The summed E-state index contributed by atoms with van der Waals surface area (Å²) in [7, 11) is 0. The van der Waals surface area contributed by atoms with Gasteiger partial charge in [0.25, 0.3) is 5.91 Å². The zero-order valence-corrected chi connectivity index (χ0v) is 15.5. The lowest BCUT2D eigenvalue weighted by molar-refractivity contribution is -0.126. The molecule has 4 rings (SSSR count). The van der Waals surface area contributed by atoms with Crippen molar-refractivity contribution < 1.29 is 19.1 Å². The van der Waals surface area contributed by atoms with E-state index in [4.69, 9.17) is 9.47 Å². The van der Waals surface area contributed by atoms with Crippen molar-refractivity contribution in [2.45, 2.75) is 18.9 Å². The summed E-state index contributed by atoms with van der Waals surface area (Å²) in [5.74, 6) is 1.34. The van der Waals surface area contributed by atoms with Crippen molar-refractivity contribution in [3.8, 4) is 11.5 Å². The lowest BCUT2D eigenvalue weighted by atomic mass is 10.0. The first-order valence-corrected chi connectivity index (χ1v) is 9.41. The number of hydrogen-bond donors (Lipinski definition) is 1. The third-order valence-electron chi connectivity index (χ3n) is 4.99. The molecule has 28 heavy (non-hydrogen) atoms. The quantitative estimate of drug-likeness (QED) is 0.831. The fraction of sp³-hybridized carbons (Fsp3) is 0.273. The Morgan fingerprint density at radius 3 is 2.54 bits per heavy atom. The summed E-state index contributed by atoms with van der Waals surface area (Å²) in [6.07, 6.45) is 4.87. The van der Waals surface area contributed by atoms with Crippen LogP contribution in [0.5, 0.6) is 11.5 Å². The van der Waals surface area contributed by atoms with E-state index >= 15 is 0 Å². The van der Waals surface area contributed by atoms with Crippen LogP contribution in [0.2, 0.25) is 0 Å². The Morgan fingerprint density at radius 1 is 1.00 bits per heavy atom. The average Bonchev–Trinajstić information content (AvgIpc) is 3.21. The van der Waals surface area contributed by atoms with E-state index in [1.165, 1.54) is 0 Å². The van der Waals surface area contributed by atoms with Crippen LogP contribution in [0.3, 0.4) is 0 Å². The standard InChI is InChI=1S/C22H22N2O4/c25-21(9-7-16-6-8-19-20(14-16)28-15-27-19)24-12-10-18(11-13-24)23-22(26)17-4-2-1-3-5-17/h1-9,14,18H,10-13,15H2,(H,23,26)/b9-7+. The fourth-order valence-corrected chi connectivity index (χ4v) is 3.39. The molecule has 2 aromatic rings. The van der Waals surface area contributed by atoms with Crippen LogP contribution in [0.25, 0.3) is 6.08 Å². The molecule has 6 nitrogen and oxygen atoms in total. The minimum absolute atomic E-state index is 0.0227. The molecular formula is C22H22N2O4. The molecule has 0 aliphatic carbocycles. The number of nitrogens with zero attached hydrogens (tertiary/aromatic N) is 1. The van der Waals surface area contributed by atoms with Crippen LogP contribution in [0.15, 0.2) is 54.6 Å². The van der Waals surface area contributed by atoms with Gasteiger partial charge in [0.2, 0.25) is 12.7 Å². The minimum Gasteiger partial charge on any atom is -0.454 e. The van der Waals surface area contributed by atoms with E-state index in [-0.39, 0.29) is 24.6 Å². The number of hydrogen-bond acceptors (Lipinski definition) is 4. The highest BCUT2D eigenvalue weighted by Gasteiger charge is 2.23. The minimum atomic E-state index is -0.0620.